The molecule has 1 fully saturated rings. The molecule has 1 aliphatic heterocycles. The molecule has 2 amide bonds. The summed E-state index contributed by atoms with van der Waals surface area (Å²) in [5.41, 5.74) is 6.43. The zero-order valence-corrected chi connectivity index (χ0v) is 13.1. The standard InChI is InChI=1S/C15H18N2O3S/c1-15(2)7-12(18)17(14(15)19)8-9-4-5-11(20-3)10(6-9)13(16)21/h4-6H,7-8H2,1-3H3,(H2,16,21). The Morgan fingerprint density at radius 1 is 1.43 bits per heavy atom. The highest BCUT2D eigenvalue weighted by atomic mass is 32.1. The molecule has 1 aromatic carbocycles. The zero-order chi connectivity index (χ0) is 15.8. The lowest BCUT2D eigenvalue weighted by Crippen LogP contribution is -2.32. The minimum absolute atomic E-state index is 0.153. The maximum atomic E-state index is 12.2. The fourth-order valence-corrected chi connectivity index (χ4v) is 2.58. The molecule has 2 N–H and O–H groups in total. The van der Waals surface area contributed by atoms with Crippen LogP contribution in [-0.2, 0) is 16.1 Å². The van der Waals surface area contributed by atoms with E-state index in [9.17, 15) is 9.59 Å². The number of hydrogen-bond donors (Lipinski definition) is 1. The molecular formula is C15H18N2O3S. The maximum absolute atomic E-state index is 12.2. The number of thiocarbonyl (C=S) groups is 1. The van der Waals surface area contributed by atoms with Crippen molar-refractivity contribution in [3.8, 4) is 5.75 Å². The van der Waals surface area contributed by atoms with Crippen molar-refractivity contribution in [1.82, 2.24) is 4.90 Å². The summed E-state index contributed by atoms with van der Waals surface area (Å²) >= 11 is 4.99. The molecule has 5 nitrogen and oxygen atoms in total. The summed E-state index contributed by atoms with van der Waals surface area (Å²) in [6.45, 7) is 3.78. The van der Waals surface area contributed by atoms with E-state index in [-0.39, 0.29) is 29.8 Å². The summed E-state index contributed by atoms with van der Waals surface area (Å²) in [5, 5.41) is 0. The Balaban J connectivity index is 2.29. The number of rotatable bonds is 4. The fourth-order valence-electron chi connectivity index (χ4n) is 2.42. The highest BCUT2D eigenvalue weighted by Crippen LogP contribution is 2.33. The molecule has 21 heavy (non-hydrogen) atoms. The van der Waals surface area contributed by atoms with Crippen LogP contribution in [0.3, 0.4) is 0 Å². The van der Waals surface area contributed by atoms with Crippen LogP contribution in [0.15, 0.2) is 18.2 Å². The van der Waals surface area contributed by atoms with Crippen molar-refractivity contribution in [1.29, 1.82) is 0 Å². The van der Waals surface area contributed by atoms with Crippen LogP contribution >= 0.6 is 12.2 Å². The van der Waals surface area contributed by atoms with Crippen LogP contribution in [0.1, 0.15) is 31.4 Å². The zero-order valence-electron chi connectivity index (χ0n) is 12.3. The van der Waals surface area contributed by atoms with Crippen molar-refractivity contribution >= 4 is 29.0 Å². The van der Waals surface area contributed by atoms with E-state index >= 15 is 0 Å². The van der Waals surface area contributed by atoms with E-state index in [0.717, 1.165) is 5.56 Å². The molecule has 1 saturated heterocycles. The Hall–Kier alpha value is -1.95. The van der Waals surface area contributed by atoms with Gasteiger partial charge in [-0.3, -0.25) is 14.5 Å². The van der Waals surface area contributed by atoms with Crippen LogP contribution < -0.4 is 10.5 Å². The van der Waals surface area contributed by atoms with Crippen molar-refractivity contribution in [3.63, 3.8) is 0 Å². The predicted molar refractivity (Wildman–Crippen MR) is 82.8 cm³/mol. The molecule has 1 aliphatic rings. The molecule has 0 spiro atoms. The normalized spacial score (nSPS) is 17.2. The van der Waals surface area contributed by atoms with Crippen molar-refractivity contribution in [3.05, 3.63) is 29.3 Å². The van der Waals surface area contributed by atoms with Gasteiger partial charge in [0.05, 0.1) is 24.6 Å². The molecule has 0 radical (unpaired) electrons. The number of nitrogens with two attached hydrogens (primary N) is 1. The lowest BCUT2D eigenvalue weighted by atomic mass is 9.92. The minimum Gasteiger partial charge on any atom is -0.496 e. The summed E-state index contributed by atoms with van der Waals surface area (Å²) in [4.78, 5) is 25.7. The maximum Gasteiger partial charge on any atom is 0.235 e. The lowest BCUT2D eigenvalue weighted by molar-refractivity contribution is -0.141. The van der Waals surface area contributed by atoms with Gasteiger partial charge in [0.15, 0.2) is 0 Å². The number of benzene rings is 1. The second-order valence-corrected chi connectivity index (χ2v) is 6.18. The lowest BCUT2D eigenvalue weighted by Gasteiger charge is -2.18. The van der Waals surface area contributed by atoms with E-state index in [1.54, 1.807) is 32.0 Å². The molecule has 6 heteroatoms. The number of ether oxygens (including phenoxy) is 1. The summed E-state index contributed by atoms with van der Waals surface area (Å²) in [7, 11) is 1.53. The number of methoxy groups -OCH3 is 1. The van der Waals surface area contributed by atoms with Gasteiger partial charge in [-0.2, -0.15) is 0 Å². The molecule has 0 unspecified atom stereocenters. The third kappa shape index (κ3) is 2.90. The summed E-state index contributed by atoms with van der Waals surface area (Å²) in [6, 6.07) is 5.29. The van der Waals surface area contributed by atoms with Gasteiger partial charge < -0.3 is 10.5 Å². The number of hydrogen-bond acceptors (Lipinski definition) is 4. The van der Waals surface area contributed by atoms with Crippen molar-refractivity contribution < 1.29 is 14.3 Å². The highest BCUT2D eigenvalue weighted by molar-refractivity contribution is 7.80. The average Bonchev–Trinajstić information content (AvgIpc) is 2.60. The van der Waals surface area contributed by atoms with E-state index in [1.807, 2.05) is 0 Å². The SMILES string of the molecule is COc1ccc(CN2C(=O)CC(C)(C)C2=O)cc1C(N)=S. The molecule has 0 aromatic heterocycles. The molecule has 112 valence electrons. The van der Waals surface area contributed by atoms with Gasteiger partial charge >= 0.3 is 0 Å². The number of carbonyl (C=O) groups excluding carboxylic acids is 2. The molecule has 0 atom stereocenters. The molecule has 1 heterocycles. The van der Waals surface area contributed by atoms with Crippen LogP contribution in [0.5, 0.6) is 5.75 Å². The van der Waals surface area contributed by atoms with Crippen molar-refractivity contribution in [2.24, 2.45) is 11.1 Å². The van der Waals surface area contributed by atoms with Crippen LogP contribution in [0.4, 0.5) is 0 Å². The third-order valence-corrected chi connectivity index (χ3v) is 3.81. The quantitative estimate of drug-likeness (QED) is 0.676. The summed E-state index contributed by atoms with van der Waals surface area (Å²) in [5.74, 6) is 0.267. The second kappa shape index (κ2) is 5.44. The third-order valence-electron chi connectivity index (χ3n) is 3.59. The van der Waals surface area contributed by atoms with E-state index in [4.69, 9.17) is 22.7 Å². The van der Waals surface area contributed by atoms with Crippen LogP contribution in [0.2, 0.25) is 0 Å². The van der Waals surface area contributed by atoms with Crippen LogP contribution in [0, 0.1) is 5.41 Å². The van der Waals surface area contributed by atoms with E-state index in [1.165, 1.54) is 12.0 Å². The average molecular weight is 306 g/mol. The Labute approximate surface area is 129 Å². The number of imide groups is 1. The molecule has 0 aliphatic carbocycles. The summed E-state index contributed by atoms with van der Waals surface area (Å²) in [6.07, 6.45) is 0.240. The smallest absolute Gasteiger partial charge is 0.235 e. The van der Waals surface area contributed by atoms with Crippen LogP contribution in [-0.4, -0.2) is 28.8 Å². The Morgan fingerprint density at radius 3 is 2.57 bits per heavy atom. The molecule has 1 aromatic rings. The van der Waals surface area contributed by atoms with Gasteiger partial charge in [-0.1, -0.05) is 32.1 Å². The van der Waals surface area contributed by atoms with Crippen molar-refractivity contribution in [2.45, 2.75) is 26.8 Å². The van der Waals surface area contributed by atoms with E-state index in [2.05, 4.69) is 0 Å². The van der Waals surface area contributed by atoms with Gasteiger partial charge in [0, 0.05) is 6.42 Å². The number of likely N-dealkylation sites (tertiary alicyclic amines) is 1. The first-order valence-corrected chi connectivity index (χ1v) is 6.98. The van der Waals surface area contributed by atoms with Gasteiger partial charge in [0.2, 0.25) is 11.8 Å². The molecule has 2 rings (SSSR count). The van der Waals surface area contributed by atoms with Crippen LogP contribution in [0.25, 0.3) is 0 Å². The number of carbonyl (C=O) groups is 2. The Morgan fingerprint density at radius 2 is 2.10 bits per heavy atom. The van der Waals surface area contributed by atoms with Gasteiger partial charge in [0.1, 0.15) is 10.7 Å². The van der Waals surface area contributed by atoms with Gasteiger partial charge in [0.25, 0.3) is 0 Å². The number of nitrogens with zero attached hydrogens (tertiary/aromatic N) is 1. The Kier molecular flexibility index (Phi) is 4.00. The first-order chi connectivity index (χ1) is 9.76. The second-order valence-electron chi connectivity index (χ2n) is 5.74. The Bertz CT molecular complexity index is 625. The summed E-state index contributed by atoms with van der Waals surface area (Å²) < 4.78 is 5.19. The number of amides is 2. The first-order valence-electron chi connectivity index (χ1n) is 6.58. The largest absolute Gasteiger partial charge is 0.496 e. The highest BCUT2D eigenvalue weighted by Gasteiger charge is 2.44. The van der Waals surface area contributed by atoms with E-state index < -0.39 is 5.41 Å². The fraction of sp³-hybridized carbons (Fsp3) is 0.400. The molecular weight excluding hydrogens is 288 g/mol. The van der Waals surface area contributed by atoms with E-state index in [0.29, 0.717) is 11.3 Å². The molecule has 0 saturated carbocycles. The predicted octanol–water partition coefficient (Wildman–Crippen LogP) is 1.61. The molecule has 0 bridgehead atoms. The minimum atomic E-state index is -0.629. The topological polar surface area (TPSA) is 72.6 Å². The van der Waals surface area contributed by atoms with Gasteiger partial charge in [-0.15, -0.1) is 0 Å². The van der Waals surface area contributed by atoms with Gasteiger partial charge in [-0.25, -0.2) is 0 Å². The monoisotopic (exact) mass is 306 g/mol. The first kappa shape index (κ1) is 15.4. The van der Waals surface area contributed by atoms with Gasteiger partial charge in [-0.05, 0) is 17.7 Å². The van der Waals surface area contributed by atoms with Crippen molar-refractivity contribution in [2.75, 3.05) is 7.11 Å².